The van der Waals surface area contributed by atoms with Crippen molar-refractivity contribution in [2.45, 2.75) is 51.7 Å². The zero-order valence-electron chi connectivity index (χ0n) is 12.1. The summed E-state index contributed by atoms with van der Waals surface area (Å²) in [4.78, 5) is 25.9. The second-order valence-corrected chi connectivity index (χ2v) is 5.98. The molecule has 1 heterocycles. The van der Waals surface area contributed by atoms with Gasteiger partial charge in [-0.15, -0.1) is 0 Å². The molecule has 0 aromatic rings. The van der Waals surface area contributed by atoms with Crippen LogP contribution in [0.25, 0.3) is 0 Å². The lowest BCUT2D eigenvalue weighted by Crippen LogP contribution is -2.63. The average molecular weight is 268 g/mol. The van der Waals surface area contributed by atoms with Crippen LogP contribution in [0.5, 0.6) is 0 Å². The maximum atomic E-state index is 12.3. The molecule has 0 atom stereocenters. The van der Waals surface area contributed by atoms with Crippen molar-refractivity contribution in [3.8, 4) is 0 Å². The van der Waals surface area contributed by atoms with Crippen LogP contribution in [0.2, 0.25) is 0 Å². The Morgan fingerprint density at radius 1 is 1.47 bits per heavy atom. The van der Waals surface area contributed by atoms with Gasteiger partial charge in [-0.05, 0) is 39.5 Å². The molecular weight excluding hydrogens is 244 g/mol. The summed E-state index contributed by atoms with van der Waals surface area (Å²) < 4.78 is 5.50. The lowest BCUT2D eigenvalue weighted by molar-refractivity contribution is -0.151. The number of carbonyl (C=O) groups is 2. The number of nitrogens with zero attached hydrogens (tertiary/aromatic N) is 1. The SMILES string of the molecule is CCOC1CC(CC(=O)N2CCNC(=O)C2(C)C)C1. The summed E-state index contributed by atoms with van der Waals surface area (Å²) in [5, 5.41) is 2.81. The van der Waals surface area contributed by atoms with Crippen LogP contribution in [0.15, 0.2) is 0 Å². The van der Waals surface area contributed by atoms with Gasteiger partial charge in [-0.2, -0.15) is 0 Å². The van der Waals surface area contributed by atoms with Gasteiger partial charge in [0, 0.05) is 26.1 Å². The second kappa shape index (κ2) is 5.49. The van der Waals surface area contributed by atoms with Gasteiger partial charge < -0.3 is 15.0 Å². The van der Waals surface area contributed by atoms with Crippen LogP contribution < -0.4 is 5.32 Å². The van der Waals surface area contributed by atoms with Gasteiger partial charge in [0.15, 0.2) is 0 Å². The van der Waals surface area contributed by atoms with Crippen molar-refractivity contribution in [3.63, 3.8) is 0 Å². The Hall–Kier alpha value is -1.10. The maximum Gasteiger partial charge on any atom is 0.245 e. The van der Waals surface area contributed by atoms with Crippen LogP contribution in [0.3, 0.4) is 0 Å². The molecule has 5 nitrogen and oxygen atoms in total. The zero-order valence-corrected chi connectivity index (χ0v) is 12.1. The van der Waals surface area contributed by atoms with E-state index in [0.29, 0.717) is 31.5 Å². The molecule has 0 aromatic heterocycles. The number of carbonyl (C=O) groups excluding carboxylic acids is 2. The van der Waals surface area contributed by atoms with Crippen LogP contribution in [-0.4, -0.2) is 48.1 Å². The number of nitrogens with one attached hydrogen (secondary N) is 1. The van der Waals surface area contributed by atoms with Crippen LogP contribution in [0, 0.1) is 5.92 Å². The van der Waals surface area contributed by atoms with Crippen molar-refractivity contribution >= 4 is 11.8 Å². The fraction of sp³-hybridized carbons (Fsp3) is 0.857. The molecule has 1 saturated carbocycles. The lowest BCUT2D eigenvalue weighted by Gasteiger charge is -2.43. The molecule has 1 aliphatic heterocycles. The summed E-state index contributed by atoms with van der Waals surface area (Å²) in [6, 6.07) is 0. The molecule has 0 bridgehead atoms. The third-order valence-electron chi connectivity index (χ3n) is 4.21. The van der Waals surface area contributed by atoms with Crippen molar-refractivity contribution in [1.29, 1.82) is 0 Å². The molecule has 108 valence electrons. The molecule has 2 amide bonds. The van der Waals surface area contributed by atoms with Gasteiger partial charge in [-0.1, -0.05) is 0 Å². The van der Waals surface area contributed by atoms with Gasteiger partial charge in [0.1, 0.15) is 5.54 Å². The molecule has 0 unspecified atom stereocenters. The fourth-order valence-corrected chi connectivity index (χ4v) is 2.91. The molecule has 19 heavy (non-hydrogen) atoms. The molecule has 1 N–H and O–H groups in total. The topological polar surface area (TPSA) is 58.6 Å². The second-order valence-electron chi connectivity index (χ2n) is 5.98. The highest BCUT2D eigenvalue weighted by molar-refractivity contribution is 5.91. The minimum atomic E-state index is -0.724. The van der Waals surface area contributed by atoms with Crippen LogP contribution in [0.1, 0.15) is 40.0 Å². The fourth-order valence-electron chi connectivity index (χ4n) is 2.91. The van der Waals surface area contributed by atoms with Crippen molar-refractivity contribution in [3.05, 3.63) is 0 Å². The highest BCUT2D eigenvalue weighted by Crippen LogP contribution is 2.34. The molecule has 2 rings (SSSR count). The summed E-state index contributed by atoms with van der Waals surface area (Å²) in [5.41, 5.74) is -0.724. The zero-order chi connectivity index (χ0) is 14.0. The Labute approximate surface area is 114 Å². The van der Waals surface area contributed by atoms with E-state index in [1.807, 2.05) is 20.8 Å². The minimum absolute atomic E-state index is 0.0621. The van der Waals surface area contributed by atoms with Gasteiger partial charge in [0.25, 0.3) is 0 Å². The van der Waals surface area contributed by atoms with E-state index in [1.54, 1.807) is 4.90 Å². The largest absolute Gasteiger partial charge is 0.378 e. The van der Waals surface area contributed by atoms with Gasteiger partial charge in [-0.3, -0.25) is 9.59 Å². The molecule has 2 aliphatic rings. The first kappa shape index (κ1) is 14.3. The van der Waals surface area contributed by atoms with E-state index in [0.717, 1.165) is 19.4 Å². The quantitative estimate of drug-likeness (QED) is 0.825. The van der Waals surface area contributed by atoms with E-state index in [9.17, 15) is 9.59 Å². The molecule has 0 aromatic carbocycles. The molecule has 1 aliphatic carbocycles. The predicted octanol–water partition coefficient (Wildman–Crippen LogP) is 0.929. The third-order valence-corrected chi connectivity index (χ3v) is 4.21. The maximum absolute atomic E-state index is 12.3. The Balaban J connectivity index is 1.85. The molecule has 2 fully saturated rings. The number of hydrogen-bond acceptors (Lipinski definition) is 3. The summed E-state index contributed by atoms with van der Waals surface area (Å²) in [6.45, 7) is 7.52. The molecule has 1 saturated heterocycles. The van der Waals surface area contributed by atoms with E-state index in [1.165, 1.54) is 0 Å². The molecular formula is C14H24N2O3. The summed E-state index contributed by atoms with van der Waals surface area (Å²) in [7, 11) is 0. The normalized spacial score (nSPS) is 29.6. The van der Waals surface area contributed by atoms with Gasteiger partial charge in [0.2, 0.25) is 11.8 Å². The highest BCUT2D eigenvalue weighted by Gasteiger charge is 2.41. The predicted molar refractivity (Wildman–Crippen MR) is 71.6 cm³/mol. The van der Waals surface area contributed by atoms with Crippen molar-refractivity contribution in [2.24, 2.45) is 5.92 Å². The Morgan fingerprint density at radius 2 is 2.16 bits per heavy atom. The standard InChI is InChI=1S/C14H24N2O3/c1-4-19-11-7-10(8-11)9-12(17)16-6-5-15-13(18)14(16,2)3/h10-11H,4-9H2,1-3H3,(H,15,18). The Morgan fingerprint density at radius 3 is 2.79 bits per heavy atom. The summed E-state index contributed by atoms with van der Waals surface area (Å²) in [6.07, 6.45) is 2.82. The first-order valence-electron chi connectivity index (χ1n) is 7.15. The molecule has 5 heteroatoms. The third kappa shape index (κ3) is 2.91. The van der Waals surface area contributed by atoms with Gasteiger partial charge in [0.05, 0.1) is 6.10 Å². The lowest BCUT2D eigenvalue weighted by atomic mass is 9.79. The first-order valence-corrected chi connectivity index (χ1v) is 7.15. The van der Waals surface area contributed by atoms with Crippen molar-refractivity contribution < 1.29 is 14.3 Å². The number of hydrogen-bond donors (Lipinski definition) is 1. The summed E-state index contributed by atoms with van der Waals surface area (Å²) >= 11 is 0. The van der Waals surface area contributed by atoms with Crippen LogP contribution in [0.4, 0.5) is 0 Å². The average Bonchev–Trinajstić information content (AvgIpc) is 2.29. The minimum Gasteiger partial charge on any atom is -0.378 e. The molecule has 0 spiro atoms. The highest BCUT2D eigenvalue weighted by atomic mass is 16.5. The van der Waals surface area contributed by atoms with E-state index >= 15 is 0 Å². The van der Waals surface area contributed by atoms with Crippen LogP contribution >= 0.6 is 0 Å². The number of amides is 2. The Bertz CT molecular complexity index is 362. The monoisotopic (exact) mass is 268 g/mol. The van der Waals surface area contributed by atoms with E-state index in [2.05, 4.69) is 5.32 Å². The van der Waals surface area contributed by atoms with Crippen LogP contribution in [-0.2, 0) is 14.3 Å². The summed E-state index contributed by atoms with van der Waals surface area (Å²) in [5.74, 6) is 0.456. The first-order chi connectivity index (χ1) is 8.95. The number of rotatable bonds is 4. The van der Waals surface area contributed by atoms with E-state index in [4.69, 9.17) is 4.74 Å². The molecule has 0 radical (unpaired) electrons. The number of ether oxygens (including phenoxy) is 1. The van der Waals surface area contributed by atoms with Crippen molar-refractivity contribution in [2.75, 3.05) is 19.7 Å². The van der Waals surface area contributed by atoms with E-state index < -0.39 is 5.54 Å². The van der Waals surface area contributed by atoms with Crippen molar-refractivity contribution in [1.82, 2.24) is 10.2 Å². The smallest absolute Gasteiger partial charge is 0.245 e. The van der Waals surface area contributed by atoms with E-state index in [-0.39, 0.29) is 11.8 Å². The van der Waals surface area contributed by atoms with Gasteiger partial charge >= 0.3 is 0 Å². The van der Waals surface area contributed by atoms with Gasteiger partial charge in [-0.25, -0.2) is 0 Å². The number of piperazine rings is 1. The Kier molecular flexibility index (Phi) is 4.13.